The first-order valence-corrected chi connectivity index (χ1v) is 10.2. The molecule has 2 unspecified atom stereocenters. The van der Waals surface area contributed by atoms with Crippen LogP contribution in [0.1, 0.15) is 24.8 Å². The molecule has 0 aliphatic heterocycles. The van der Waals surface area contributed by atoms with Crippen LogP contribution in [0, 0.1) is 0 Å². The van der Waals surface area contributed by atoms with E-state index >= 15 is 0 Å². The van der Waals surface area contributed by atoms with Gasteiger partial charge in [0.25, 0.3) is 0 Å². The third-order valence-corrected chi connectivity index (χ3v) is 6.37. The number of nitrogens with one attached hydrogen (secondary N) is 1. The van der Waals surface area contributed by atoms with Gasteiger partial charge in [0.05, 0.1) is 10.1 Å². The Labute approximate surface area is 125 Å². The molecule has 0 saturated heterocycles. The van der Waals surface area contributed by atoms with Crippen LogP contribution in [0.25, 0.3) is 0 Å². The van der Waals surface area contributed by atoms with Crippen LogP contribution in [0.15, 0.2) is 29.2 Å². The van der Waals surface area contributed by atoms with Gasteiger partial charge >= 0.3 is 0 Å². The van der Waals surface area contributed by atoms with Gasteiger partial charge < -0.3 is 5.32 Å². The normalized spacial score (nSPS) is 23.3. The maximum Gasteiger partial charge on any atom is 0.238 e. The molecule has 1 aromatic rings. The Kier molecular flexibility index (Phi) is 4.72. The van der Waals surface area contributed by atoms with Gasteiger partial charge in [0.2, 0.25) is 10.0 Å². The average Bonchev–Trinajstić information content (AvgIpc) is 2.84. The molecule has 2 rings (SSSR count). The molecule has 2 atom stereocenters. The van der Waals surface area contributed by atoms with E-state index in [-0.39, 0.29) is 16.2 Å². The topological polar surface area (TPSA) is 106 Å². The summed E-state index contributed by atoms with van der Waals surface area (Å²) in [5.41, 5.74) is 0.765. The monoisotopic (exact) mass is 332 g/mol. The molecule has 0 spiro atoms. The molecule has 0 radical (unpaired) electrons. The highest BCUT2D eigenvalue weighted by Crippen LogP contribution is 2.25. The lowest BCUT2D eigenvalue weighted by atomic mass is 10.2. The Balaban J connectivity index is 2.07. The van der Waals surface area contributed by atoms with Crippen molar-refractivity contribution in [1.29, 1.82) is 0 Å². The van der Waals surface area contributed by atoms with Crippen molar-refractivity contribution >= 4 is 19.9 Å². The van der Waals surface area contributed by atoms with Gasteiger partial charge in [-0.25, -0.2) is 22.0 Å². The van der Waals surface area contributed by atoms with Gasteiger partial charge in [0, 0.05) is 18.8 Å². The van der Waals surface area contributed by atoms with Crippen LogP contribution >= 0.6 is 0 Å². The van der Waals surface area contributed by atoms with E-state index in [4.69, 9.17) is 5.14 Å². The zero-order valence-corrected chi connectivity index (χ0v) is 13.5. The third kappa shape index (κ3) is 4.26. The fourth-order valence-corrected chi connectivity index (χ4v) is 4.76. The van der Waals surface area contributed by atoms with E-state index in [2.05, 4.69) is 5.32 Å². The number of rotatable bonds is 5. The Morgan fingerprint density at radius 1 is 1.24 bits per heavy atom. The summed E-state index contributed by atoms with van der Waals surface area (Å²) in [6.45, 7) is 0.417. The summed E-state index contributed by atoms with van der Waals surface area (Å²) in [5, 5.41) is 7.95. The van der Waals surface area contributed by atoms with Gasteiger partial charge in [-0.1, -0.05) is 18.6 Å². The quantitative estimate of drug-likeness (QED) is 0.811. The zero-order chi connectivity index (χ0) is 15.7. The molecule has 0 aromatic heterocycles. The van der Waals surface area contributed by atoms with Crippen LogP contribution in [0.5, 0.6) is 0 Å². The fourth-order valence-electron chi connectivity index (χ4n) is 2.75. The molecule has 1 aromatic carbocycles. The highest BCUT2D eigenvalue weighted by molar-refractivity contribution is 7.91. The summed E-state index contributed by atoms with van der Waals surface area (Å²) in [4.78, 5) is 0.0629. The van der Waals surface area contributed by atoms with E-state index in [1.165, 1.54) is 18.4 Å². The first kappa shape index (κ1) is 16.4. The molecular formula is C13H20N2O4S2. The molecule has 0 heterocycles. The summed E-state index contributed by atoms with van der Waals surface area (Å²) in [6.07, 6.45) is 3.63. The van der Waals surface area contributed by atoms with E-state index in [9.17, 15) is 16.8 Å². The molecule has 1 saturated carbocycles. The standard InChI is InChI=1S/C13H20N2O4S2/c1-20(16,17)13-7-3-6-12(13)15-9-10-4-2-5-11(8-10)21(14,18)19/h2,4-5,8,12-13,15H,3,6-7,9H2,1H3,(H2,14,18,19). The van der Waals surface area contributed by atoms with Crippen molar-refractivity contribution in [2.24, 2.45) is 5.14 Å². The lowest BCUT2D eigenvalue weighted by molar-refractivity contribution is 0.507. The van der Waals surface area contributed by atoms with Crippen molar-refractivity contribution in [1.82, 2.24) is 5.32 Å². The SMILES string of the molecule is CS(=O)(=O)C1CCCC1NCc1cccc(S(N)(=O)=O)c1. The molecule has 0 amide bonds. The summed E-state index contributed by atoms with van der Waals surface area (Å²) >= 11 is 0. The van der Waals surface area contributed by atoms with Gasteiger partial charge in [0.1, 0.15) is 0 Å². The summed E-state index contributed by atoms with van der Waals surface area (Å²) in [5.74, 6) is 0. The second-order valence-electron chi connectivity index (χ2n) is 5.48. The van der Waals surface area contributed by atoms with E-state index in [1.54, 1.807) is 12.1 Å². The van der Waals surface area contributed by atoms with Gasteiger partial charge in [-0.15, -0.1) is 0 Å². The lowest BCUT2D eigenvalue weighted by Crippen LogP contribution is -2.39. The first-order chi connectivity index (χ1) is 9.68. The zero-order valence-electron chi connectivity index (χ0n) is 11.8. The highest BCUT2D eigenvalue weighted by atomic mass is 32.2. The van der Waals surface area contributed by atoms with Crippen molar-refractivity contribution in [2.45, 2.75) is 42.0 Å². The van der Waals surface area contributed by atoms with Crippen LogP contribution in [0.3, 0.4) is 0 Å². The van der Waals surface area contributed by atoms with Crippen LogP contribution < -0.4 is 10.5 Å². The molecule has 6 nitrogen and oxygen atoms in total. The number of sulfonamides is 1. The van der Waals surface area contributed by atoms with Crippen LogP contribution in [0.2, 0.25) is 0 Å². The third-order valence-electron chi connectivity index (χ3n) is 3.80. The maximum atomic E-state index is 11.7. The molecule has 1 fully saturated rings. The van der Waals surface area contributed by atoms with Crippen LogP contribution in [0.4, 0.5) is 0 Å². The van der Waals surface area contributed by atoms with Crippen molar-refractivity contribution in [3.63, 3.8) is 0 Å². The predicted octanol–water partition coefficient (Wildman–Crippen LogP) is 0.389. The highest BCUT2D eigenvalue weighted by Gasteiger charge is 2.34. The molecule has 1 aliphatic carbocycles. The van der Waals surface area contributed by atoms with Gasteiger partial charge in [-0.2, -0.15) is 0 Å². The van der Waals surface area contributed by atoms with Crippen molar-refractivity contribution < 1.29 is 16.8 Å². The van der Waals surface area contributed by atoms with Gasteiger partial charge in [-0.3, -0.25) is 0 Å². The number of hydrogen-bond donors (Lipinski definition) is 2. The number of sulfone groups is 1. The minimum absolute atomic E-state index is 0.0629. The fraction of sp³-hybridized carbons (Fsp3) is 0.538. The predicted molar refractivity (Wildman–Crippen MR) is 80.9 cm³/mol. The van der Waals surface area contributed by atoms with Crippen molar-refractivity contribution in [3.8, 4) is 0 Å². The second kappa shape index (κ2) is 6.04. The van der Waals surface area contributed by atoms with E-state index < -0.39 is 19.9 Å². The van der Waals surface area contributed by atoms with Gasteiger partial charge in [-0.05, 0) is 30.5 Å². The van der Waals surface area contributed by atoms with E-state index in [1.807, 2.05) is 0 Å². The van der Waals surface area contributed by atoms with Crippen molar-refractivity contribution in [2.75, 3.05) is 6.26 Å². The van der Waals surface area contributed by atoms with Gasteiger partial charge in [0.15, 0.2) is 9.84 Å². The van der Waals surface area contributed by atoms with Crippen LogP contribution in [-0.2, 0) is 26.4 Å². The number of primary sulfonamides is 1. The van der Waals surface area contributed by atoms with E-state index in [0.29, 0.717) is 13.0 Å². The summed E-state index contributed by atoms with van der Waals surface area (Å²) < 4.78 is 46.0. The Bertz CT molecular complexity index is 713. The lowest BCUT2D eigenvalue weighted by Gasteiger charge is -2.19. The first-order valence-electron chi connectivity index (χ1n) is 6.72. The molecule has 8 heteroatoms. The molecule has 0 bridgehead atoms. The summed E-state index contributed by atoms with van der Waals surface area (Å²) in [7, 11) is -6.79. The van der Waals surface area contributed by atoms with Crippen molar-refractivity contribution in [3.05, 3.63) is 29.8 Å². The minimum Gasteiger partial charge on any atom is -0.309 e. The second-order valence-corrected chi connectivity index (χ2v) is 9.30. The summed E-state index contributed by atoms with van der Waals surface area (Å²) in [6, 6.07) is 6.27. The Morgan fingerprint density at radius 2 is 1.95 bits per heavy atom. The molecular weight excluding hydrogens is 312 g/mol. The Morgan fingerprint density at radius 3 is 2.57 bits per heavy atom. The Hall–Kier alpha value is -0.960. The molecule has 21 heavy (non-hydrogen) atoms. The number of benzene rings is 1. The van der Waals surface area contributed by atoms with E-state index in [0.717, 1.165) is 18.4 Å². The number of hydrogen-bond acceptors (Lipinski definition) is 5. The molecule has 1 aliphatic rings. The molecule has 3 N–H and O–H groups in total. The maximum absolute atomic E-state index is 11.7. The minimum atomic E-state index is -3.72. The number of nitrogens with two attached hydrogens (primary N) is 1. The van der Waals surface area contributed by atoms with Crippen LogP contribution in [-0.4, -0.2) is 34.4 Å². The smallest absolute Gasteiger partial charge is 0.238 e. The average molecular weight is 332 g/mol. The largest absolute Gasteiger partial charge is 0.309 e. The molecule has 118 valence electrons.